The standard InChI is InChI=1S/C16H15N3O3/c20-15-10-5-11-3-1-2-4-14(11)16(15)18-17-12-6-8-13(9-7-12)19(21)22/h5-10,20H,1-4H2. The van der Waals surface area contributed by atoms with Gasteiger partial charge >= 0.3 is 0 Å². The first-order valence-corrected chi connectivity index (χ1v) is 7.15. The molecule has 6 nitrogen and oxygen atoms in total. The molecule has 1 aliphatic rings. The van der Waals surface area contributed by atoms with E-state index in [0.717, 1.165) is 31.2 Å². The molecule has 0 aliphatic heterocycles. The van der Waals surface area contributed by atoms with Crippen LogP contribution < -0.4 is 0 Å². The van der Waals surface area contributed by atoms with Crippen LogP contribution in [0.2, 0.25) is 0 Å². The predicted molar refractivity (Wildman–Crippen MR) is 82.0 cm³/mol. The Labute approximate surface area is 127 Å². The highest BCUT2D eigenvalue weighted by molar-refractivity contribution is 5.60. The van der Waals surface area contributed by atoms with Crippen LogP contribution in [0.4, 0.5) is 17.1 Å². The van der Waals surface area contributed by atoms with Gasteiger partial charge in [-0.1, -0.05) is 6.07 Å². The lowest BCUT2D eigenvalue weighted by molar-refractivity contribution is -0.384. The van der Waals surface area contributed by atoms with Crippen molar-refractivity contribution in [3.05, 3.63) is 57.6 Å². The third-order valence-electron chi connectivity index (χ3n) is 3.81. The second kappa shape index (κ2) is 5.93. The Hall–Kier alpha value is -2.76. The molecule has 6 heteroatoms. The van der Waals surface area contributed by atoms with Gasteiger partial charge in [0.2, 0.25) is 0 Å². The summed E-state index contributed by atoms with van der Waals surface area (Å²) in [4.78, 5) is 10.2. The summed E-state index contributed by atoms with van der Waals surface area (Å²) in [6, 6.07) is 9.43. The van der Waals surface area contributed by atoms with Crippen molar-refractivity contribution < 1.29 is 10.0 Å². The van der Waals surface area contributed by atoms with Crippen LogP contribution in [0.3, 0.4) is 0 Å². The molecular formula is C16H15N3O3. The maximum Gasteiger partial charge on any atom is 0.269 e. The van der Waals surface area contributed by atoms with Gasteiger partial charge in [0.05, 0.1) is 10.6 Å². The van der Waals surface area contributed by atoms with Gasteiger partial charge in [-0.15, -0.1) is 5.11 Å². The van der Waals surface area contributed by atoms with Crippen molar-refractivity contribution in [3.63, 3.8) is 0 Å². The number of aromatic hydroxyl groups is 1. The molecule has 22 heavy (non-hydrogen) atoms. The molecule has 0 radical (unpaired) electrons. The van der Waals surface area contributed by atoms with Crippen LogP contribution in [-0.2, 0) is 12.8 Å². The minimum Gasteiger partial charge on any atom is -0.506 e. The van der Waals surface area contributed by atoms with Crippen molar-refractivity contribution in [2.75, 3.05) is 0 Å². The van der Waals surface area contributed by atoms with Crippen molar-refractivity contribution in [2.45, 2.75) is 25.7 Å². The second-order valence-electron chi connectivity index (χ2n) is 5.25. The second-order valence-corrected chi connectivity index (χ2v) is 5.25. The van der Waals surface area contributed by atoms with Crippen LogP contribution in [0.25, 0.3) is 0 Å². The van der Waals surface area contributed by atoms with E-state index in [1.807, 2.05) is 6.07 Å². The maximum atomic E-state index is 10.6. The van der Waals surface area contributed by atoms with Crippen molar-refractivity contribution in [2.24, 2.45) is 10.2 Å². The molecule has 2 aromatic rings. The van der Waals surface area contributed by atoms with Crippen LogP contribution >= 0.6 is 0 Å². The Balaban J connectivity index is 1.90. The van der Waals surface area contributed by atoms with Gasteiger partial charge in [-0.2, -0.15) is 5.11 Å². The zero-order chi connectivity index (χ0) is 15.5. The zero-order valence-electron chi connectivity index (χ0n) is 11.9. The molecule has 0 aromatic heterocycles. The number of benzene rings is 2. The summed E-state index contributed by atoms with van der Waals surface area (Å²) in [7, 11) is 0. The van der Waals surface area contributed by atoms with Crippen LogP contribution in [-0.4, -0.2) is 10.0 Å². The van der Waals surface area contributed by atoms with E-state index in [2.05, 4.69) is 10.2 Å². The lowest BCUT2D eigenvalue weighted by Crippen LogP contribution is -2.02. The number of hydrogen-bond acceptors (Lipinski definition) is 5. The molecule has 0 saturated heterocycles. The number of hydrogen-bond donors (Lipinski definition) is 1. The van der Waals surface area contributed by atoms with Gasteiger partial charge in [0.1, 0.15) is 11.4 Å². The van der Waals surface area contributed by atoms with E-state index in [-0.39, 0.29) is 11.4 Å². The molecule has 1 aliphatic carbocycles. The third-order valence-corrected chi connectivity index (χ3v) is 3.81. The molecule has 0 fully saturated rings. The summed E-state index contributed by atoms with van der Waals surface area (Å²) in [6.45, 7) is 0. The summed E-state index contributed by atoms with van der Waals surface area (Å²) in [6.07, 6.45) is 4.11. The number of azo groups is 1. The number of non-ortho nitro benzene ring substituents is 1. The highest BCUT2D eigenvalue weighted by Gasteiger charge is 2.16. The smallest absolute Gasteiger partial charge is 0.269 e. The number of fused-ring (bicyclic) bond motifs is 1. The van der Waals surface area contributed by atoms with Crippen LogP contribution in [0.1, 0.15) is 24.0 Å². The van der Waals surface area contributed by atoms with Crippen molar-refractivity contribution in [3.8, 4) is 5.75 Å². The van der Waals surface area contributed by atoms with E-state index in [9.17, 15) is 15.2 Å². The summed E-state index contributed by atoms with van der Waals surface area (Å²) >= 11 is 0. The molecule has 0 amide bonds. The fraction of sp³-hybridized carbons (Fsp3) is 0.250. The Morgan fingerprint density at radius 1 is 1.00 bits per heavy atom. The summed E-state index contributed by atoms with van der Waals surface area (Å²) in [5, 5.41) is 28.9. The number of phenolic OH excluding ortho intramolecular Hbond substituents is 1. The minimum absolute atomic E-state index is 0.0129. The number of aryl methyl sites for hydroxylation is 1. The first kappa shape index (κ1) is 14.2. The van der Waals surface area contributed by atoms with E-state index < -0.39 is 4.92 Å². The monoisotopic (exact) mass is 297 g/mol. The minimum atomic E-state index is -0.458. The Morgan fingerprint density at radius 3 is 2.45 bits per heavy atom. The normalized spacial score (nSPS) is 14.0. The molecule has 0 unspecified atom stereocenters. The van der Waals surface area contributed by atoms with Crippen LogP contribution in [0, 0.1) is 10.1 Å². The van der Waals surface area contributed by atoms with Gasteiger partial charge in [-0.3, -0.25) is 10.1 Å². The van der Waals surface area contributed by atoms with Crippen molar-refractivity contribution >= 4 is 17.1 Å². The summed E-state index contributed by atoms with van der Waals surface area (Å²) in [5.41, 5.74) is 3.30. The Bertz CT molecular complexity index is 739. The van der Waals surface area contributed by atoms with Gasteiger partial charge in [0.25, 0.3) is 5.69 Å². The topological polar surface area (TPSA) is 88.1 Å². The van der Waals surface area contributed by atoms with E-state index in [1.54, 1.807) is 6.07 Å². The number of nitrogens with zero attached hydrogens (tertiary/aromatic N) is 3. The lowest BCUT2D eigenvalue weighted by atomic mass is 9.90. The first-order valence-electron chi connectivity index (χ1n) is 7.15. The van der Waals surface area contributed by atoms with E-state index >= 15 is 0 Å². The predicted octanol–water partition coefficient (Wildman–Crippen LogP) is 4.59. The average Bonchev–Trinajstić information content (AvgIpc) is 2.54. The lowest BCUT2D eigenvalue weighted by Gasteiger charge is -2.17. The van der Waals surface area contributed by atoms with E-state index in [1.165, 1.54) is 29.8 Å². The molecular weight excluding hydrogens is 282 g/mol. The molecule has 112 valence electrons. The fourth-order valence-corrected chi connectivity index (χ4v) is 2.66. The van der Waals surface area contributed by atoms with Gasteiger partial charge in [0, 0.05) is 12.1 Å². The average molecular weight is 297 g/mol. The first-order chi connectivity index (χ1) is 10.6. The summed E-state index contributed by atoms with van der Waals surface area (Å²) in [5.74, 6) is 0.117. The SMILES string of the molecule is O=[N+]([O-])c1ccc(N=Nc2c(O)ccc3c2CCCC3)cc1. The van der Waals surface area contributed by atoms with Crippen molar-refractivity contribution in [1.82, 2.24) is 0 Å². The Morgan fingerprint density at radius 2 is 1.73 bits per heavy atom. The maximum absolute atomic E-state index is 10.6. The molecule has 2 aromatic carbocycles. The highest BCUT2D eigenvalue weighted by atomic mass is 16.6. The third kappa shape index (κ3) is 2.81. The van der Waals surface area contributed by atoms with E-state index in [4.69, 9.17) is 0 Å². The molecule has 0 spiro atoms. The van der Waals surface area contributed by atoms with Gasteiger partial charge < -0.3 is 5.11 Å². The molecule has 0 atom stereocenters. The number of nitro benzene ring substituents is 1. The quantitative estimate of drug-likeness (QED) is 0.510. The molecule has 1 N–H and O–H groups in total. The van der Waals surface area contributed by atoms with Gasteiger partial charge in [0.15, 0.2) is 0 Å². The molecule has 0 bridgehead atoms. The fourth-order valence-electron chi connectivity index (χ4n) is 2.66. The zero-order valence-corrected chi connectivity index (χ0v) is 11.9. The van der Waals surface area contributed by atoms with Gasteiger partial charge in [-0.25, -0.2) is 0 Å². The summed E-state index contributed by atoms with van der Waals surface area (Å²) < 4.78 is 0. The molecule has 0 saturated carbocycles. The van der Waals surface area contributed by atoms with Crippen molar-refractivity contribution in [1.29, 1.82) is 0 Å². The number of rotatable bonds is 3. The Kier molecular flexibility index (Phi) is 3.82. The van der Waals surface area contributed by atoms with Crippen LogP contribution in [0.15, 0.2) is 46.6 Å². The molecule has 0 heterocycles. The number of nitro groups is 1. The van der Waals surface area contributed by atoms with Crippen LogP contribution in [0.5, 0.6) is 5.75 Å². The number of phenols is 1. The van der Waals surface area contributed by atoms with E-state index in [0.29, 0.717) is 11.4 Å². The largest absolute Gasteiger partial charge is 0.506 e. The van der Waals surface area contributed by atoms with Gasteiger partial charge in [-0.05, 0) is 55.0 Å². The molecule has 3 rings (SSSR count). The highest BCUT2D eigenvalue weighted by Crippen LogP contribution is 2.38.